The lowest BCUT2D eigenvalue weighted by molar-refractivity contribution is -0.139. The largest absolute Gasteiger partial charge is 0.480 e. The summed E-state index contributed by atoms with van der Waals surface area (Å²) in [5, 5.41) is 44.8. The van der Waals surface area contributed by atoms with Crippen molar-refractivity contribution >= 4 is 46.5 Å². The third kappa shape index (κ3) is 7.62. The van der Waals surface area contributed by atoms with Crippen LogP contribution in [0.15, 0.2) is 0 Å². The second-order valence-corrected chi connectivity index (χ2v) is 9.59. The Morgan fingerprint density at radius 3 is 2.26 bits per heavy atom. The van der Waals surface area contributed by atoms with Crippen molar-refractivity contribution in [3.63, 3.8) is 0 Å². The standard InChI is InChI=1S/C20H32N4O10S/c1-8(2)14(28)20(15(29)9(3)16(30)24-20)19(34)35-7-11(17(31)22-6-13(26)27)23-12(25)5-4-10(21)18(32)33/h8-11,14-15,28-29H,4-7,21H2,1-3H3,(H,22,31)(H,23,25)(H,24,30)(H,26,27)(H,32,33)/t9-,10+,11?,14?,15+,20-/m1/s1. The summed E-state index contributed by atoms with van der Waals surface area (Å²) in [6, 6.07) is -2.75. The van der Waals surface area contributed by atoms with E-state index in [0.29, 0.717) is 11.8 Å². The van der Waals surface area contributed by atoms with Crippen molar-refractivity contribution in [2.24, 2.45) is 17.6 Å². The molecule has 0 radical (unpaired) electrons. The predicted molar refractivity (Wildman–Crippen MR) is 122 cm³/mol. The third-order valence-corrected chi connectivity index (χ3v) is 6.67. The summed E-state index contributed by atoms with van der Waals surface area (Å²) >= 11 is 0.453. The maximum Gasteiger partial charge on any atom is 0.322 e. The number of thioether (sulfide) groups is 1. The van der Waals surface area contributed by atoms with E-state index in [2.05, 4.69) is 16.0 Å². The van der Waals surface area contributed by atoms with E-state index in [-0.39, 0.29) is 12.8 Å². The first-order valence-corrected chi connectivity index (χ1v) is 11.8. The summed E-state index contributed by atoms with van der Waals surface area (Å²) in [5.41, 5.74) is 3.29. The molecule has 0 aromatic rings. The van der Waals surface area contributed by atoms with Crippen molar-refractivity contribution in [1.29, 1.82) is 0 Å². The Bertz CT molecular complexity index is 854. The molecule has 0 spiro atoms. The Kier molecular flexibility index (Phi) is 11.1. The number of hydrogen-bond acceptors (Lipinski definition) is 10. The van der Waals surface area contributed by atoms with Crippen molar-refractivity contribution < 1.29 is 49.2 Å². The fourth-order valence-corrected chi connectivity index (χ4v) is 4.50. The van der Waals surface area contributed by atoms with Crippen LogP contribution in [0, 0.1) is 11.8 Å². The maximum atomic E-state index is 13.2. The van der Waals surface area contributed by atoms with Gasteiger partial charge in [-0.25, -0.2) is 0 Å². The maximum absolute atomic E-state index is 13.2. The highest BCUT2D eigenvalue weighted by atomic mass is 32.2. The molecule has 0 bridgehead atoms. The van der Waals surface area contributed by atoms with Gasteiger partial charge in [0.2, 0.25) is 22.8 Å². The Balaban J connectivity index is 3.04. The summed E-state index contributed by atoms with van der Waals surface area (Å²) < 4.78 is 0. The van der Waals surface area contributed by atoms with Crippen molar-refractivity contribution in [2.45, 2.75) is 63.4 Å². The molecule has 198 valence electrons. The molecule has 0 aromatic heterocycles. The molecule has 9 N–H and O–H groups in total. The molecule has 3 amide bonds. The summed E-state index contributed by atoms with van der Waals surface area (Å²) in [6.45, 7) is 3.78. The zero-order valence-electron chi connectivity index (χ0n) is 19.5. The van der Waals surface area contributed by atoms with Gasteiger partial charge >= 0.3 is 11.9 Å². The second-order valence-electron chi connectivity index (χ2n) is 8.59. The van der Waals surface area contributed by atoms with Crippen LogP contribution in [0.3, 0.4) is 0 Å². The van der Waals surface area contributed by atoms with Crippen LogP contribution in [0.1, 0.15) is 33.6 Å². The molecule has 1 aliphatic heterocycles. The molecule has 6 atom stereocenters. The number of carboxylic acid groups (broad SMARTS) is 2. The van der Waals surface area contributed by atoms with Gasteiger partial charge in [0, 0.05) is 12.2 Å². The number of carboxylic acids is 2. The van der Waals surface area contributed by atoms with Gasteiger partial charge in [0.05, 0.1) is 18.1 Å². The van der Waals surface area contributed by atoms with E-state index in [4.69, 9.17) is 15.9 Å². The Hall–Kier alpha value is -2.75. The van der Waals surface area contributed by atoms with Gasteiger partial charge in [0.15, 0.2) is 5.54 Å². The first-order chi connectivity index (χ1) is 16.1. The number of nitrogens with two attached hydrogens (primary N) is 1. The van der Waals surface area contributed by atoms with E-state index in [0.717, 1.165) is 0 Å². The molecule has 1 saturated heterocycles. The zero-order chi connectivity index (χ0) is 27.1. The van der Waals surface area contributed by atoms with Gasteiger partial charge in [-0.2, -0.15) is 0 Å². The minimum atomic E-state index is -2.06. The molecule has 35 heavy (non-hydrogen) atoms. The van der Waals surface area contributed by atoms with Crippen molar-refractivity contribution in [1.82, 2.24) is 16.0 Å². The molecule has 14 nitrogen and oxygen atoms in total. The van der Waals surface area contributed by atoms with Crippen LogP contribution in [-0.2, 0) is 28.8 Å². The predicted octanol–water partition coefficient (Wildman–Crippen LogP) is -2.99. The summed E-state index contributed by atoms with van der Waals surface area (Å²) in [5.74, 6) is -7.03. The lowest BCUT2D eigenvalue weighted by Gasteiger charge is -2.37. The highest BCUT2D eigenvalue weighted by Crippen LogP contribution is 2.36. The second kappa shape index (κ2) is 12.8. The highest BCUT2D eigenvalue weighted by Gasteiger charge is 2.60. The lowest BCUT2D eigenvalue weighted by Crippen LogP contribution is -2.64. The topological polar surface area (TPSA) is 245 Å². The number of aliphatic hydroxyl groups is 2. The van der Waals surface area contributed by atoms with Gasteiger partial charge in [-0.1, -0.05) is 32.5 Å². The molecular formula is C20H32N4O10S. The molecule has 1 aliphatic rings. The van der Waals surface area contributed by atoms with E-state index >= 15 is 0 Å². The van der Waals surface area contributed by atoms with E-state index in [1.807, 2.05) is 0 Å². The molecule has 1 rings (SSSR count). The van der Waals surface area contributed by atoms with Gasteiger partial charge in [0.1, 0.15) is 18.6 Å². The van der Waals surface area contributed by atoms with Gasteiger partial charge in [0.25, 0.3) is 0 Å². The minimum Gasteiger partial charge on any atom is -0.480 e. The number of amides is 3. The summed E-state index contributed by atoms with van der Waals surface area (Å²) in [6.07, 6.45) is -3.65. The zero-order valence-corrected chi connectivity index (χ0v) is 20.3. The number of nitrogens with one attached hydrogen (secondary N) is 3. The first kappa shape index (κ1) is 30.3. The van der Waals surface area contributed by atoms with Crippen LogP contribution in [0.2, 0.25) is 0 Å². The number of carbonyl (C=O) groups excluding carboxylic acids is 4. The van der Waals surface area contributed by atoms with Crippen molar-refractivity contribution in [3.05, 3.63) is 0 Å². The number of aliphatic hydroxyl groups excluding tert-OH is 2. The molecular weight excluding hydrogens is 488 g/mol. The fraction of sp³-hybridized carbons (Fsp3) is 0.700. The Labute approximate surface area is 205 Å². The SMILES string of the molecule is CC(C)C(O)[C@@]1(C(=O)SCC(NC(=O)CC[C@H](N)C(=O)O)C(=O)NCC(=O)O)NC(=O)[C@H](C)[C@@H]1O. The summed E-state index contributed by atoms with van der Waals surface area (Å²) in [7, 11) is 0. The van der Waals surface area contributed by atoms with Gasteiger partial charge in [-0.3, -0.25) is 28.8 Å². The third-order valence-electron chi connectivity index (χ3n) is 5.57. The van der Waals surface area contributed by atoms with Crippen molar-refractivity contribution in [3.8, 4) is 0 Å². The average Bonchev–Trinajstić information content (AvgIpc) is 3.02. The summed E-state index contributed by atoms with van der Waals surface area (Å²) in [4.78, 5) is 71.6. The quantitative estimate of drug-likeness (QED) is 0.121. The monoisotopic (exact) mass is 520 g/mol. The van der Waals surface area contributed by atoms with Crippen LogP contribution >= 0.6 is 11.8 Å². The fourth-order valence-electron chi connectivity index (χ4n) is 3.42. The lowest BCUT2D eigenvalue weighted by atomic mass is 9.81. The van der Waals surface area contributed by atoms with E-state index in [9.17, 15) is 39.0 Å². The van der Waals surface area contributed by atoms with Crippen molar-refractivity contribution in [2.75, 3.05) is 12.3 Å². The van der Waals surface area contributed by atoms with Gasteiger partial charge < -0.3 is 42.1 Å². The smallest absolute Gasteiger partial charge is 0.322 e. The number of hydrogen-bond donors (Lipinski definition) is 8. The average molecular weight is 521 g/mol. The molecule has 0 aliphatic carbocycles. The normalized spacial score (nSPS) is 24.3. The van der Waals surface area contributed by atoms with Gasteiger partial charge in [-0.15, -0.1) is 0 Å². The minimum absolute atomic E-state index is 0.240. The highest BCUT2D eigenvalue weighted by molar-refractivity contribution is 8.13. The van der Waals surface area contributed by atoms with Gasteiger partial charge in [-0.05, 0) is 12.3 Å². The number of aliphatic carboxylic acids is 2. The van der Waals surface area contributed by atoms with E-state index in [1.54, 1.807) is 13.8 Å². The van der Waals surface area contributed by atoms with E-state index < -0.39 is 88.7 Å². The molecule has 1 fully saturated rings. The van der Waals surface area contributed by atoms with Crippen LogP contribution in [-0.4, -0.2) is 97.3 Å². The Morgan fingerprint density at radius 2 is 1.80 bits per heavy atom. The molecule has 1 heterocycles. The van der Waals surface area contributed by atoms with Crippen LogP contribution < -0.4 is 21.7 Å². The number of carbonyl (C=O) groups is 6. The van der Waals surface area contributed by atoms with Crippen LogP contribution in [0.4, 0.5) is 0 Å². The molecule has 15 heteroatoms. The van der Waals surface area contributed by atoms with Crippen LogP contribution in [0.25, 0.3) is 0 Å². The molecule has 2 unspecified atom stereocenters. The van der Waals surface area contributed by atoms with Crippen LogP contribution in [0.5, 0.6) is 0 Å². The first-order valence-electron chi connectivity index (χ1n) is 10.8. The molecule has 0 aromatic carbocycles. The molecule has 0 saturated carbocycles. The van der Waals surface area contributed by atoms with E-state index in [1.165, 1.54) is 6.92 Å². The Morgan fingerprint density at radius 1 is 1.20 bits per heavy atom. The number of rotatable bonds is 13.